The number of aryl methyl sites for hydroxylation is 1. The lowest BCUT2D eigenvalue weighted by Gasteiger charge is -2.34. The number of carbonyl (C=O) groups excluding carboxylic acids is 1. The molecule has 1 amide bonds. The summed E-state index contributed by atoms with van der Waals surface area (Å²) in [6, 6.07) is 9.57. The maximum absolute atomic E-state index is 13.2. The summed E-state index contributed by atoms with van der Waals surface area (Å²) in [6.45, 7) is 2.15. The Balaban J connectivity index is 1.55. The van der Waals surface area contributed by atoms with Gasteiger partial charge in [0.1, 0.15) is 0 Å². The second-order valence-electron chi connectivity index (χ2n) is 7.22. The molecule has 22 heavy (non-hydrogen) atoms. The van der Waals surface area contributed by atoms with Gasteiger partial charge in [-0.1, -0.05) is 24.3 Å². The summed E-state index contributed by atoms with van der Waals surface area (Å²) in [6.07, 6.45) is 6.97. The van der Waals surface area contributed by atoms with Crippen LogP contribution in [0.2, 0.25) is 0 Å². The van der Waals surface area contributed by atoms with E-state index in [0.717, 1.165) is 19.4 Å². The highest BCUT2D eigenvalue weighted by Crippen LogP contribution is 2.37. The van der Waals surface area contributed by atoms with E-state index in [0.29, 0.717) is 18.0 Å². The van der Waals surface area contributed by atoms with Crippen molar-refractivity contribution in [2.45, 2.75) is 56.5 Å². The van der Waals surface area contributed by atoms with Gasteiger partial charge in [-0.3, -0.25) is 4.79 Å². The van der Waals surface area contributed by atoms with Gasteiger partial charge in [0, 0.05) is 18.6 Å². The fourth-order valence-corrected chi connectivity index (χ4v) is 4.90. The molecule has 0 radical (unpaired) electrons. The van der Waals surface area contributed by atoms with Gasteiger partial charge in [0.25, 0.3) is 0 Å². The van der Waals surface area contributed by atoms with E-state index in [1.807, 2.05) is 0 Å². The Hall–Kier alpha value is -1.35. The number of likely N-dealkylation sites (N-methyl/N-ethyl adjacent to an activating group) is 1. The van der Waals surface area contributed by atoms with Crippen LogP contribution in [-0.4, -0.2) is 47.9 Å². The highest BCUT2D eigenvalue weighted by atomic mass is 16.2. The Morgan fingerprint density at radius 1 is 1.05 bits per heavy atom. The van der Waals surface area contributed by atoms with Crippen LogP contribution >= 0.6 is 0 Å². The molecule has 0 unspecified atom stereocenters. The molecule has 3 nitrogen and oxygen atoms in total. The molecule has 2 heterocycles. The maximum atomic E-state index is 13.2. The number of nitrogens with zero attached hydrogens (tertiary/aromatic N) is 2. The van der Waals surface area contributed by atoms with Crippen molar-refractivity contribution < 1.29 is 4.79 Å². The van der Waals surface area contributed by atoms with E-state index in [9.17, 15) is 4.79 Å². The molecule has 3 aliphatic rings. The van der Waals surface area contributed by atoms with Crippen LogP contribution in [0.1, 0.15) is 49.1 Å². The van der Waals surface area contributed by atoms with E-state index in [-0.39, 0.29) is 5.92 Å². The van der Waals surface area contributed by atoms with Crippen molar-refractivity contribution in [1.29, 1.82) is 0 Å². The first-order valence-electron chi connectivity index (χ1n) is 8.84. The van der Waals surface area contributed by atoms with Crippen molar-refractivity contribution in [1.82, 2.24) is 9.80 Å². The molecule has 0 bridgehead atoms. The number of likely N-dealkylation sites (tertiary alicyclic amines) is 2. The summed E-state index contributed by atoms with van der Waals surface area (Å²) in [4.78, 5) is 17.9. The molecular formula is C19H26N2O. The van der Waals surface area contributed by atoms with Crippen LogP contribution in [-0.2, 0) is 11.2 Å². The zero-order chi connectivity index (χ0) is 15.1. The van der Waals surface area contributed by atoms with E-state index in [1.54, 1.807) is 0 Å². The quantitative estimate of drug-likeness (QED) is 0.838. The molecule has 1 aromatic rings. The van der Waals surface area contributed by atoms with Crippen molar-refractivity contribution in [3.8, 4) is 0 Å². The van der Waals surface area contributed by atoms with Crippen molar-refractivity contribution in [3.63, 3.8) is 0 Å². The van der Waals surface area contributed by atoms with Gasteiger partial charge < -0.3 is 9.80 Å². The van der Waals surface area contributed by atoms with Crippen LogP contribution in [0.5, 0.6) is 0 Å². The molecule has 2 aliphatic heterocycles. The van der Waals surface area contributed by atoms with Gasteiger partial charge in [-0.05, 0) is 63.2 Å². The third-order valence-electron chi connectivity index (χ3n) is 6.03. The predicted molar refractivity (Wildman–Crippen MR) is 87.9 cm³/mol. The molecule has 2 fully saturated rings. The molecule has 3 atom stereocenters. The lowest BCUT2D eigenvalue weighted by molar-refractivity contribution is -0.134. The molecule has 1 aliphatic carbocycles. The molecule has 4 rings (SSSR count). The Kier molecular flexibility index (Phi) is 3.69. The lowest BCUT2D eigenvalue weighted by Crippen LogP contribution is -2.48. The summed E-state index contributed by atoms with van der Waals surface area (Å²) in [5.74, 6) is 0.510. The molecule has 0 spiro atoms. The Morgan fingerprint density at radius 2 is 1.82 bits per heavy atom. The van der Waals surface area contributed by atoms with Crippen molar-refractivity contribution in [2.75, 3.05) is 20.1 Å². The fraction of sp³-hybridized carbons (Fsp3) is 0.632. The van der Waals surface area contributed by atoms with E-state index < -0.39 is 0 Å². The van der Waals surface area contributed by atoms with Crippen molar-refractivity contribution in [2.24, 2.45) is 0 Å². The van der Waals surface area contributed by atoms with Crippen LogP contribution in [0.25, 0.3) is 0 Å². The SMILES string of the molecule is CN1CCC[C@@H]1[C@@H]1CCCN1C(=O)[C@H]1CCc2ccccc21. The third-order valence-corrected chi connectivity index (χ3v) is 6.03. The number of carbonyl (C=O) groups is 1. The zero-order valence-corrected chi connectivity index (χ0v) is 13.5. The smallest absolute Gasteiger partial charge is 0.230 e. The standard InChI is InChI=1S/C19H26N2O/c1-20-12-4-8-17(20)18-9-5-13-21(18)19(22)16-11-10-14-6-2-3-7-15(14)16/h2-3,6-7,16-18H,4-5,8-13H2,1H3/t16-,17+,18-/m0/s1. The largest absolute Gasteiger partial charge is 0.338 e. The second kappa shape index (κ2) is 5.69. The highest BCUT2D eigenvalue weighted by Gasteiger charge is 2.41. The Labute approximate surface area is 133 Å². The lowest BCUT2D eigenvalue weighted by atomic mass is 9.97. The summed E-state index contributed by atoms with van der Waals surface area (Å²) >= 11 is 0. The first-order valence-corrected chi connectivity index (χ1v) is 8.84. The van der Waals surface area contributed by atoms with E-state index >= 15 is 0 Å². The summed E-state index contributed by atoms with van der Waals surface area (Å²) in [5.41, 5.74) is 2.67. The minimum atomic E-state index is 0.114. The maximum Gasteiger partial charge on any atom is 0.230 e. The number of hydrogen-bond acceptors (Lipinski definition) is 2. The van der Waals surface area contributed by atoms with Crippen LogP contribution in [0.4, 0.5) is 0 Å². The van der Waals surface area contributed by atoms with E-state index in [4.69, 9.17) is 0 Å². The van der Waals surface area contributed by atoms with Crippen molar-refractivity contribution in [3.05, 3.63) is 35.4 Å². The van der Waals surface area contributed by atoms with Crippen LogP contribution in [0.3, 0.4) is 0 Å². The molecule has 118 valence electrons. The summed E-state index contributed by atoms with van der Waals surface area (Å²) < 4.78 is 0. The normalized spacial score (nSPS) is 31.7. The van der Waals surface area contributed by atoms with Gasteiger partial charge >= 0.3 is 0 Å². The Morgan fingerprint density at radius 3 is 2.64 bits per heavy atom. The predicted octanol–water partition coefficient (Wildman–Crippen LogP) is 2.80. The average Bonchev–Trinajstić information content (AvgIpc) is 3.24. The molecule has 0 aromatic heterocycles. The van der Waals surface area contributed by atoms with Gasteiger partial charge in [0.15, 0.2) is 0 Å². The molecule has 0 N–H and O–H groups in total. The topological polar surface area (TPSA) is 23.6 Å². The average molecular weight is 298 g/mol. The first kappa shape index (κ1) is 14.3. The van der Waals surface area contributed by atoms with Gasteiger partial charge in [-0.25, -0.2) is 0 Å². The molecular weight excluding hydrogens is 272 g/mol. The summed E-state index contributed by atoms with van der Waals surface area (Å²) in [5, 5.41) is 0. The van der Waals surface area contributed by atoms with Gasteiger partial charge in [-0.2, -0.15) is 0 Å². The molecule has 1 aromatic carbocycles. The molecule has 0 saturated carbocycles. The minimum absolute atomic E-state index is 0.114. The van der Waals surface area contributed by atoms with E-state index in [2.05, 4.69) is 41.1 Å². The monoisotopic (exact) mass is 298 g/mol. The van der Waals surface area contributed by atoms with Gasteiger partial charge in [0.2, 0.25) is 5.91 Å². The minimum Gasteiger partial charge on any atom is -0.338 e. The number of rotatable bonds is 2. The third kappa shape index (κ3) is 2.26. The van der Waals surface area contributed by atoms with Crippen LogP contribution < -0.4 is 0 Å². The summed E-state index contributed by atoms with van der Waals surface area (Å²) in [7, 11) is 2.23. The number of fused-ring (bicyclic) bond motifs is 1. The van der Waals surface area contributed by atoms with Crippen LogP contribution in [0.15, 0.2) is 24.3 Å². The fourth-order valence-electron chi connectivity index (χ4n) is 4.90. The highest BCUT2D eigenvalue weighted by molar-refractivity contribution is 5.85. The zero-order valence-electron chi connectivity index (χ0n) is 13.5. The number of amides is 1. The number of hydrogen-bond donors (Lipinski definition) is 0. The second-order valence-corrected chi connectivity index (χ2v) is 7.22. The molecule has 3 heteroatoms. The molecule has 2 saturated heterocycles. The van der Waals surface area contributed by atoms with Crippen LogP contribution in [0, 0.1) is 0 Å². The van der Waals surface area contributed by atoms with Gasteiger partial charge in [-0.15, -0.1) is 0 Å². The van der Waals surface area contributed by atoms with Gasteiger partial charge in [0.05, 0.1) is 5.92 Å². The van der Waals surface area contributed by atoms with Crippen molar-refractivity contribution >= 4 is 5.91 Å². The Bertz CT molecular complexity index is 570. The first-order chi connectivity index (χ1) is 10.8. The van der Waals surface area contributed by atoms with E-state index in [1.165, 1.54) is 43.4 Å². The number of benzene rings is 1.